The minimum Gasteiger partial charge on any atom is -0.472 e. The summed E-state index contributed by atoms with van der Waals surface area (Å²) in [5.74, 6) is 1.27. The fourth-order valence-electron chi connectivity index (χ4n) is 3.63. The highest BCUT2D eigenvalue weighted by Crippen LogP contribution is 2.19. The van der Waals surface area contributed by atoms with Gasteiger partial charge in [0, 0.05) is 50.4 Å². The van der Waals surface area contributed by atoms with Crippen LogP contribution in [0.1, 0.15) is 18.1 Å². The third-order valence-corrected chi connectivity index (χ3v) is 5.49. The molecule has 3 aromatic rings. The summed E-state index contributed by atoms with van der Waals surface area (Å²) < 4.78 is 5.82. The van der Waals surface area contributed by atoms with Crippen LogP contribution in [-0.2, 0) is 17.9 Å². The van der Waals surface area contributed by atoms with E-state index in [1.165, 1.54) is 12.5 Å². The van der Waals surface area contributed by atoms with Gasteiger partial charge in [0.15, 0.2) is 5.82 Å². The number of rotatable bonds is 7. The lowest BCUT2D eigenvalue weighted by Gasteiger charge is -2.35. The number of anilines is 2. The van der Waals surface area contributed by atoms with Gasteiger partial charge in [0.25, 0.3) is 0 Å². The van der Waals surface area contributed by atoms with Gasteiger partial charge in [-0.15, -0.1) is 0 Å². The van der Waals surface area contributed by atoms with Crippen LogP contribution in [0, 0.1) is 0 Å². The first-order valence-electron chi connectivity index (χ1n) is 10.6. The summed E-state index contributed by atoms with van der Waals surface area (Å²) in [4.78, 5) is 24.7. The van der Waals surface area contributed by atoms with Gasteiger partial charge in [-0.05, 0) is 35.4 Å². The molecule has 0 unspecified atom stereocenters. The van der Waals surface area contributed by atoms with Crippen LogP contribution in [0.15, 0.2) is 60.9 Å². The molecule has 1 saturated heterocycles. The van der Waals surface area contributed by atoms with Crippen LogP contribution >= 0.6 is 11.6 Å². The molecule has 0 atom stereocenters. The molecule has 1 aromatic heterocycles. The van der Waals surface area contributed by atoms with E-state index in [1.807, 2.05) is 36.4 Å². The van der Waals surface area contributed by atoms with Crippen molar-refractivity contribution in [1.82, 2.24) is 14.9 Å². The highest BCUT2D eigenvalue weighted by atomic mass is 35.5. The number of aromatic nitrogens is 2. The average Bonchev–Trinajstić information content (AvgIpc) is 2.79. The maximum Gasteiger partial charge on any atom is 0.234 e. The van der Waals surface area contributed by atoms with E-state index in [9.17, 15) is 4.79 Å². The molecule has 0 radical (unpaired) electrons. The molecule has 1 N–H and O–H groups in total. The second-order valence-corrected chi connectivity index (χ2v) is 8.21. The van der Waals surface area contributed by atoms with Gasteiger partial charge in [-0.2, -0.15) is 4.98 Å². The maximum atomic E-state index is 11.2. The van der Waals surface area contributed by atoms with Crippen molar-refractivity contribution in [1.29, 1.82) is 0 Å². The summed E-state index contributed by atoms with van der Waals surface area (Å²) in [6.07, 6.45) is 3.41. The van der Waals surface area contributed by atoms with Crippen LogP contribution in [0.25, 0.3) is 0 Å². The van der Waals surface area contributed by atoms with Crippen molar-refractivity contribution in [3.63, 3.8) is 0 Å². The fourth-order valence-corrected chi connectivity index (χ4v) is 3.85. The van der Waals surface area contributed by atoms with Crippen molar-refractivity contribution in [3.8, 4) is 5.88 Å². The molecule has 1 fully saturated rings. The topological polar surface area (TPSA) is 70.6 Å². The van der Waals surface area contributed by atoms with Gasteiger partial charge in [0.2, 0.25) is 11.8 Å². The number of carbonyl (C=O) groups is 1. The second-order valence-electron chi connectivity index (χ2n) is 7.78. The summed E-state index contributed by atoms with van der Waals surface area (Å²) in [7, 11) is 0. The zero-order chi connectivity index (χ0) is 22.3. The predicted octanol–water partition coefficient (Wildman–Crippen LogP) is 3.99. The molecule has 1 amide bonds. The SMILES string of the molecule is CC(=O)Nc1ccc(CN2CCN(c3cncc(OCc4cccc(Cl)c4)n3)CC2)cc1. The number of hydrogen-bond donors (Lipinski definition) is 1. The van der Waals surface area contributed by atoms with E-state index in [-0.39, 0.29) is 5.91 Å². The van der Waals surface area contributed by atoms with Gasteiger partial charge < -0.3 is 15.0 Å². The van der Waals surface area contributed by atoms with Crippen LogP contribution in [0.4, 0.5) is 11.5 Å². The molecule has 0 aliphatic carbocycles. The molecule has 32 heavy (non-hydrogen) atoms. The van der Waals surface area contributed by atoms with Crippen molar-refractivity contribution in [2.24, 2.45) is 0 Å². The second kappa shape index (κ2) is 10.4. The number of nitrogens with one attached hydrogen (secondary N) is 1. The standard InChI is InChI=1S/C24H26ClN5O2/c1-18(31)27-22-7-5-19(6-8-22)16-29-9-11-30(12-10-29)23-14-26-15-24(28-23)32-17-20-3-2-4-21(25)13-20/h2-8,13-15H,9-12,16-17H2,1H3,(H,27,31). The van der Waals surface area contributed by atoms with Crippen LogP contribution in [0.3, 0.4) is 0 Å². The normalized spacial score (nSPS) is 14.2. The number of carbonyl (C=O) groups excluding carboxylic acids is 1. The third kappa shape index (κ3) is 6.18. The van der Waals surface area contributed by atoms with Gasteiger partial charge in [-0.3, -0.25) is 14.7 Å². The van der Waals surface area contributed by atoms with E-state index in [0.717, 1.165) is 49.8 Å². The van der Waals surface area contributed by atoms with Gasteiger partial charge in [-0.25, -0.2) is 0 Å². The summed E-state index contributed by atoms with van der Waals surface area (Å²) in [6.45, 7) is 6.40. The minimum atomic E-state index is -0.0593. The molecule has 1 aliphatic heterocycles. The first-order chi connectivity index (χ1) is 15.5. The van der Waals surface area contributed by atoms with Crippen LogP contribution in [0.2, 0.25) is 5.02 Å². The lowest BCUT2D eigenvalue weighted by molar-refractivity contribution is -0.114. The minimum absolute atomic E-state index is 0.0593. The summed E-state index contributed by atoms with van der Waals surface area (Å²) in [6, 6.07) is 15.6. The Morgan fingerprint density at radius 2 is 1.84 bits per heavy atom. The van der Waals surface area contributed by atoms with Crippen molar-refractivity contribution in [3.05, 3.63) is 77.1 Å². The molecule has 2 aromatic carbocycles. The number of hydrogen-bond acceptors (Lipinski definition) is 6. The molecule has 1 aliphatic rings. The van der Waals surface area contributed by atoms with Gasteiger partial charge >= 0.3 is 0 Å². The number of nitrogens with zero attached hydrogens (tertiary/aromatic N) is 4. The third-order valence-electron chi connectivity index (χ3n) is 5.25. The first kappa shape index (κ1) is 22.0. The van der Waals surface area contributed by atoms with E-state index in [0.29, 0.717) is 17.5 Å². The zero-order valence-corrected chi connectivity index (χ0v) is 18.8. The van der Waals surface area contributed by atoms with E-state index >= 15 is 0 Å². The number of benzene rings is 2. The number of piperazine rings is 1. The zero-order valence-electron chi connectivity index (χ0n) is 18.0. The van der Waals surface area contributed by atoms with Crippen molar-refractivity contribution < 1.29 is 9.53 Å². The molecule has 0 spiro atoms. The Bertz CT molecular complexity index is 1050. The lowest BCUT2D eigenvalue weighted by Crippen LogP contribution is -2.46. The molecular weight excluding hydrogens is 426 g/mol. The van der Waals surface area contributed by atoms with Crippen molar-refractivity contribution >= 4 is 29.0 Å². The predicted molar refractivity (Wildman–Crippen MR) is 126 cm³/mol. The number of ether oxygens (including phenoxy) is 1. The molecule has 166 valence electrons. The largest absolute Gasteiger partial charge is 0.472 e. The fraction of sp³-hybridized carbons (Fsp3) is 0.292. The molecule has 0 saturated carbocycles. The Hall–Kier alpha value is -3.16. The summed E-state index contributed by atoms with van der Waals surface area (Å²) in [5.41, 5.74) is 3.04. The molecule has 7 nitrogen and oxygen atoms in total. The Kier molecular flexibility index (Phi) is 7.19. The van der Waals surface area contributed by atoms with Gasteiger partial charge in [0.05, 0.1) is 12.4 Å². The molecular formula is C24H26ClN5O2. The lowest BCUT2D eigenvalue weighted by atomic mass is 10.1. The Morgan fingerprint density at radius 1 is 1.06 bits per heavy atom. The van der Waals surface area contributed by atoms with Crippen molar-refractivity contribution in [2.45, 2.75) is 20.1 Å². The quantitative estimate of drug-likeness (QED) is 0.585. The summed E-state index contributed by atoms with van der Waals surface area (Å²) in [5, 5.41) is 3.48. The van der Waals surface area contributed by atoms with E-state index in [2.05, 4.69) is 37.2 Å². The smallest absolute Gasteiger partial charge is 0.234 e. The number of halogens is 1. The van der Waals surface area contributed by atoms with Crippen LogP contribution in [-0.4, -0.2) is 47.0 Å². The Morgan fingerprint density at radius 3 is 2.56 bits per heavy atom. The van der Waals surface area contributed by atoms with E-state index in [1.54, 1.807) is 12.4 Å². The molecule has 4 rings (SSSR count). The van der Waals surface area contributed by atoms with Gasteiger partial charge in [-0.1, -0.05) is 35.9 Å². The average molecular weight is 452 g/mol. The monoisotopic (exact) mass is 451 g/mol. The van der Waals surface area contributed by atoms with Gasteiger partial charge in [0.1, 0.15) is 6.61 Å². The first-order valence-corrected chi connectivity index (χ1v) is 11.0. The molecule has 0 bridgehead atoms. The Labute approximate surface area is 193 Å². The molecule has 8 heteroatoms. The highest BCUT2D eigenvalue weighted by Gasteiger charge is 2.19. The summed E-state index contributed by atoms with van der Waals surface area (Å²) >= 11 is 6.03. The molecule has 2 heterocycles. The van der Waals surface area contributed by atoms with Crippen LogP contribution < -0.4 is 15.0 Å². The van der Waals surface area contributed by atoms with Crippen LogP contribution in [0.5, 0.6) is 5.88 Å². The highest BCUT2D eigenvalue weighted by molar-refractivity contribution is 6.30. The van der Waals surface area contributed by atoms with E-state index in [4.69, 9.17) is 16.3 Å². The van der Waals surface area contributed by atoms with Crippen molar-refractivity contribution in [2.75, 3.05) is 36.4 Å². The van der Waals surface area contributed by atoms with E-state index < -0.39 is 0 Å². The Balaban J connectivity index is 1.28. The number of amides is 1. The maximum absolute atomic E-state index is 11.2.